The van der Waals surface area contributed by atoms with Crippen molar-refractivity contribution in [2.75, 3.05) is 6.54 Å². The van der Waals surface area contributed by atoms with Crippen molar-refractivity contribution in [3.8, 4) is 0 Å². The molecule has 1 unspecified atom stereocenters. The lowest BCUT2D eigenvalue weighted by molar-refractivity contribution is -0.137. The molecule has 0 spiro atoms. The third kappa shape index (κ3) is 3.75. The van der Waals surface area contributed by atoms with Gasteiger partial charge in [-0.25, -0.2) is 4.39 Å². The van der Waals surface area contributed by atoms with Crippen molar-refractivity contribution >= 4 is 22.8 Å². The number of hydrogen-bond acceptors (Lipinski definition) is 3. The Bertz CT molecular complexity index is 688. The number of nitrogens with one attached hydrogen (secondary N) is 1. The average Bonchev–Trinajstić information content (AvgIpc) is 2.43. The van der Waals surface area contributed by atoms with E-state index >= 15 is 0 Å². The molecular weight excluding hydrogens is 275 g/mol. The third-order valence-corrected chi connectivity index (χ3v) is 3.05. The van der Waals surface area contributed by atoms with E-state index in [9.17, 15) is 14.0 Å². The second-order valence-electron chi connectivity index (χ2n) is 4.94. The van der Waals surface area contributed by atoms with Crippen molar-refractivity contribution < 1.29 is 19.1 Å². The fourth-order valence-corrected chi connectivity index (χ4v) is 2.06. The molecule has 0 aliphatic heterocycles. The standard InChI is InChI=1S/C15H15FN2O3/c1-9(5-13(19)20)8-18-15(21)12-7-11(16)6-10-3-2-4-17-14(10)12/h2-4,6-7,9H,5,8H2,1H3,(H,18,21)(H,19,20). The summed E-state index contributed by atoms with van der Waals surface area (Å²) in [5.41, 5.74) is 0.565. The molecule has 0 aliphatic carbocycles. The summed E-state index contributed by atoms with van der Waals surface area (Å²) in [5.74, 6) is -2.11. The maximum atomic E-state index is 13.5. The molecule has 0 fully saturated rings. The molecule has 0 saturated heterocycles. The average molecular weight is 290 g/mol. The minimum absolute atomic E-state index is 0.0393. The maximum Gasteiger partial charge on any atom is 0.303 e. The van der Waals surface area contributed by atoms with E-state index in [1.54, 1.807) is 19.1 Å². The zero-order valence-corrected chi connectivity index (χ0v) is 11.5. The second-order valence-corrected chi connectivity index (χ2v) is 4.94. The van der Waals surface area contributed by atoms with Crippen molar-refractivity contribution in [2.24, 2.45) is 5.92 Å². The van der Waals surface area contributed by atoms with Crippen molar-refractivity contribution in [2.45, 2.75) is 13.3 Å². The number of carboxylic acids is 1. The maximum absolute atomic E-state index is 13.5. The van der Waals surface area contributed by atoms with Crippen LogP contribution in [-0.4, -0.2) is 28.5 Å². The zero-order valence-electron chi connectivity index (χ0n) is 11.5. The molecule has 6 heteroatoms. The Morgan fingerprint density at radius 2 is 2.19 bits per heavy atom. The summed E-state index contributed by atoms with van der Waals surface area (Å²) in [6, 6.07) is 5.78. The number of nitrogens with zero attached hydrogens (tertiary/aromatic N) is 1. The fraction of sp³-hybridized carbons (Fsp3) is 0.267. The summed E-state index contributed by atoms with van der Waals surface area (Å²) in [7, 11) is 0. The van der Waals surface area contributed by atoms with E-state index in [0.717, 1.165) is 6.07 Å². The van der Waals surface area contributed by atoms with Gasteiger partial charge in [-0.1, -0.05) is 13.0 Å². The first-order valence-corrected chi connectivity index (χ1v) is 6.51. The molecule has 1 heterocycles. The van der Waals surface area contributed by atoms with Gasteiger partial charge in [-0.3, -0.25) is 14.6 Å². The van der Waals surface area contributed by atoms with Gasteiger partial charge in [-0.05, 0) is 24.1 Å². The number of carbonyl (C=O) groups excluding carboxylic acids is 1. The van der Waals surface area contributed by atoms with E-state index in [-0.39, 0.29) is 24.4 Å². The minimum atomic E-state index is -0.922. The van der Waals surface area contributed by atoms with Gasteiger partial charge in [0.2, 0.25) is 0 Å². The van der Waals surface area contributed by atoms with Crippen LogP contribution in [0.3, 0.4) is 0 Å². The molecule has 2 aromatic rings. The van der Waals surface area contributed by atoms with Gasteiger partial charge in [0.1, 0.15) is 5.82 Å². The Morgan fingerprint density at radius 1 is 1.43 bits per heavy atom. The summed E-state index contributed by atoms with van der Waals surface area (Å²) in [4.78, 5) is 26.8. The predicted molar refractivity (Wildman–Crippen MR) is 75.5 cm³/mol. The molecule has 1 aromatic carbocycles. The van der Waals surface area contributed by atoms with Crippen molar-refractivity contribution in [1.82, 2.24) is 10.3 Å². The highest BCUT2D eigenvalue weighted by molar-refractivity contribution is 6.05. The number of rotatable bonds is 5. The summed E-state index contributed by atoms with van der Waals surface area (Å²) >= 11 is 0. The third-order valence-electron chi connectivity index (χ3n) is 3.05. The molecule has 5 nitrogen and oxygen atoms in total. The summed E-state index contributed by atoms with van der Waals surface area (Å²) in [6.45, 7) is 1.92. The van der Waals surface area contributed by atoms with Crippen LogP contribution in [0.2, 0.25) is 0 Å². The Balaban J connectivity index is 2.18. The Hall–Kier alpha value is -2.50. The molecule has 0 aliphatic rings. The number of benzene rings is 1. The predicted octanol–water partition coefficient (Wildman–Crippen LogP) is 2.21. The van der Waals surface area contributed by atoms with E-state index < -0.39 is 17.7 Å². The highest BCUT2D eigenvalue weighted by atomic mass is 19.1. The smallest absolute Gasteiger partial charge is 0.303 e. The number of carboxylic acid groups (broad SMARTS) is 1. The lowest BCUT2D eigenvalue weighted by Crippen LogP contribution is -2.29. The molecule has 21 heavy (non-hydrogen) atoms. The van der Waals surface area contributed by atoms with E-state index in [2.05, 4.69) is 10.3 Å². The quantitative estimate of drug-likeness (QED) is 0.885. The van der Waals surface area contributed by atoms with Gasteiger partial charge in [0.25, 0.3) is 5.91 Å². The lowest BCUT2D eigenvalue weighted by atomic mass is 10.1. The summed E-state index contributed by atoms with van der Waals surface area (Å²) < 4.78 is 13.5. The molecule has 2 rings (SSSR count). The largest absolute Gasteiger partial charge is 0.481 e. The number of carbonyl (C=O) groups is 2. The number of pyridine rings is 1. The van der Waals surface area contributed by atoms with E-state index in [0.29, 0.717) is 10.9 Å². The fourth-order valence-electron chi connectivity index (χ4n) is 2.06. The minimum Gasteiger partial charge on any atom is -0.481 e. The van der Waals surface area contributed by atoms with Crippen molar-refractivity contribution in [3.63, 3.8) is 0 Å². The van der Waals surface area contributed by atoms with Gasteiger partial charge >= 0.3 is 5.97 Å². The first-order chi connectivity index (χ1) is 9.97. The molecule has 0 radical (unpaired) electrons. The van der Waals surface area contributed by atoms with Gasteiger partial charge in [-0.2, -0.15) is 0 Å². The molecule has 0 saturated carbocycles. The van der Waals surface area contributed by atoms with E-state index in [1.807, 2.05) is 0 Å². The lowest BCUT2D eigenvalue weighted by Gasteiger charge is -2.11. The molecule has 110 valence electrons. The Kier molecular flexibility index (Phi) is 4.47. The summed E-state index contributed by atoms with van der Waals surface area (Å²) in [5, 5.41) is 11.8. The van der Waals surface area contributed by atoms with Crippen LogP contribution in [0.4, 0.5) is 4.39 Å². The van der Waals surface area contributed by atoms with E-state index in [1.165, 1.54) is 12.3 Å². The Labute approximate surface area is 120 Å². The number of amides is 1. The topological polar surface area (TPSA) is 79.3 Å². The van der Waals surface area contributed by atoms with Crippen molar-refractivity contribution in [1.29, 1.82) is 0 Å². The number of aliphatic carboxylic acids is 1. The molecule has 1 atom stereocenters. The SMILES string of the molecule is CC(CNC(=O)c1cc(F)cc2cccnc12)CC(=O)O. The van der Waals surface area contributed by atoms with E-state index in [4.69, 9.17) is 5.11 Å². The molecule has 1 aromatic heterocycles. The van der Waals surface area contributed by atoms with Crippen LogP contribution in [0.25, 0.3) is 10.9 Å². The monoisotopic (exact) mass is 290 g/mol. The zero-order chi connectivity index (χ0) is 15.4. The van der Waals surface area contributed by atoms with Crippen LogP contribution in [-0.2, 0) is 4.79 Å². The highest BCUT2D eigenvalue weighted by Crippen LogP contribution is 2.18. The molecule has 2 N–H and O–H groups in total. The van der Waals surface area contributed by atoms with Crippen LogP contribution >= 0.6 is 0 Å². The molecule has 1 amide bonds. The van der Waals surface area contributed by atoms with Crippen LogP contribution in [0.1, 0.15) is 23.7 Å². The summed E-state index contributed by atoms with van der Waals surface area (Å²) in [6.07, 6.45) is 1.49. The van der Waals surface area contributed by atoms with Crippen LogP contribution in [0, 0.1) is 11.7 Å². The molecule has 0 bridgehead atoms. The first-order valence-electron chi connectivity index (χ1n) is 6.51. The van der Waals surface area contributed by atoms with Crippen LogP contribution in [0.15, 0.2) is 30.5 Å². The number of aromatic nitrogens is 1. The van der Waals surface area contributed by atoms with Gasteiger partial charge in [0, 0.05) is 24.5 Å². The van der Waals surface area contributed by atoms with Crippen molar-refractivity contribution in [3.05, 3.63) is 41.8 Å². The van der Waals surface area contributed by atoms with Gasteiger partial charge in [0.05, 0.1) is 11.1 Å². The second kappa shape index (κ2) is 6.30. The number of halogens is 1. The normalized spacial score (nSPS) is 12.1. The first kappa shape index (κ1) is 14.9. The number of hydrogen-bond donors (Lipinski definition) is 2. The molecular formula is C15H15FN2O3. The van der Waals surface area contributed by atoms with Gasteiger partial charge < -0.3 is 10.4 Å². The van der Waals surface area contributed by atoms with Gasteiger partial charge in [-0.15, -0.1) is 0 Å². The Morgan fingerprint density at radius 3 is 2.90 bits per heavy atom. The highest BCUT2D eigenvalue weighted by Gasteiger charge is 2.15. The van der Waals surface area contributed by atoms with Gasteiger partial charge in [0.15, 0.2) is 0 Å². The number of fused-ring (bicyclic) bond motifs is 1. The van der Waals surface area contributed by atoms with Crippen LogP contribution in [0.5, 0.6) is 0 Å². The van der Waals surface area contributed by atoms with Crippen LogP contribution < -0.4 is 5.32 Å².